The molecule has 0 saturated carbocycles. The van der Waals surface area contributed by atoms with E-state index in [1.165, 1.54) is 0 Å². The van der Waals surface area contributed by atoms with Crippen molar-refractivity contribution in [2.45, 2.75) is 65.8 Å². The summed E-state index contributed by atoms with van der Waals surface area (Å²) >= 11 is 0. The molecule has 3 N–H and O–H groups in total. The summed E-state index contributed by atoms with van der Waals surface area (Å²) < 4.78 is 0. The zero-order chi connectivity index (χ0) is 13.5. The number of carbonyl (C=O) groups excluding carboxylic acids is 1. The Hall–Kier alpha value is -0.570. The van der Waals surface area contributed by atoms with Crippen LogP contribution in [0, 0.1) is 11.8 Å². The van der Waals surface area contributed by atoms with Crippen LogP contribution in [0.3, 0.4) is 0 Å². The normalized spacial score (nSPS) is 13.8. The fraction of sp³-hybridized carbons (Fsp3) is 0.929. The highest BCUT2D eigenvalue weighted by Gasteiger charge is 2.29. The monoisotopic (exact) mass is 242 g/mol. The molecule has 0 aliphatic heterocycles. The lowest BCUT2D eigenvalue weighted by Gasteiger charge is -2.33. The first-order valence-electron chi connectivity index (χ1n) is 6.96. The molecule has 102 valence electrons. The van der Waals surface area contributed by atoms with Crippen molar-refractivity contribution in [1.82, 2.24) is 5.32 Å². The van der Waals surface area contributed by atoms with E-state index in [-0.39, 0.29) is 17.4 Å². The van der Waals surface area contributed by atoms with Crippen LogP contribution in [0.4, 0.5) is 0 Å². The summed E-state index contributed by atoms with van der Waals surface area (Å²) in [6.45, 7) is 11.1. The van der Waals surface area contributed by atoms with Gasteiger partial charge in [-0.2, -0.15) is 0 Å². The van der Waals surface area contributed by atoms with E-state index in [0.29, 0.717) is 12.5 Å². The molecule has 3 heteroatoms. The third kappa shape index (κ3) is 5.07. The molecule has 1 unspecified atom stereocenters. The highest BCUT2D eigenvalue weighted by molar-refractivity contribution is 5.79. The molecule has 1 atom stereocenters. The van der Waals surface area contributed by atoms with Gasteiger partial charge < -0.3 is 11.1 Å². The van der Waals surface area contributed by atoms with Gasteiger partial charge in [-0.1, -0.05) is 34.6 Å². The molecule has 0 radical (unpaired) electrons. The van der Waals surface area contributed by atoms with E-state index < -0.39 is 0 Å². The Bertz CT molecular complexity index is 214. The van der Waals surface area contributed by atoms with Crippen LogP contribution in [0.1, 0.15) is 60.3 Å². The predicted octanol–water partition coefficient (Wildman–Crippen LogP) is 2.69. The van der Waals surface area contributed by atoms with Gasteiger partial charge in [-0.25, -0.2) is 0 Å². The van der Waals surface area contributed by atoms with E-state index in [4.69, 9.17) is 5.73 Å². The molecule has 0 bridgehead atoms. The molecule has 0 aromatic rings. The molecular formula is C14H30N2O. The number of rotatable bonds is 8. The summed E-state index contributed by atoms with van der Waals surface area (Å²) in [6, 6.07) is 0. The van der Waals surface area contributed by atoms with Crippen LogP contribution >= 0.6 is 0 Å². The molecule has 0 aliphatic rings. The van der Waals surface area contributed by atoms with Gasteiger partial charge in [0.2, 0.25) is 5.91 Å². The van der Waals surface area contributed by atoms with Crippen molar-refractivity contribution in [2.75, 3.05) is 6.54 Å². The van der Waals surface area contributed by atoms with Crippen LogP contribution in [0.15, 0.2) is 0 Å². The number of hydrogen-bond acceptors (Lipinski definition) is 2. The lowest BCUT2D eigenvalue weighted by molar-refractivity contribution is -0.127. The van der Waals surface area contributed by atoms with E-state index in [0.717, 1.165) is 25.7 Å². The number of hydrogen-bond donors (Lipinski definition) is 2. The van der Waals surface area contributed by atoms with E-state index in [2.05, 4.69) is 39.9 Å². The molecule has 0 rings (SSSR count). The van der Waals surface area contributed by atoms with Crippen LogP contribution in [0.25, 0.3) is 0 Å². The SMILES string of the molecule is CCC(CC)(CC)NC(=O)C(CN)CC(C)C. The molecule has 0 spiro atoms. The Morgan fingerprint density at radius 2 is 1.65 bits per heavy atom. The second-order valence-corrected chi connectivity index (χ2v) is 5.39. The molecule has 3 nitrogen and oxygen atoms in total. The standard InChI is InChI=1S/C14H30N2O/c1-6-14(7-2,8-3)16-13(17)12(10-15)9-11(4)5/h11-12H,6-10,15H2,1-5H3,(H,16,17). The van der Waals surface area contributed by atoms with Gasteiger partial charge in [-0.3, -0.25) is 4.79 Å². The fourth-order valence-corrected chi connectivity index (χ4v) is 2.26. The summed E-state index contributed by atoms with van der Waals surface area (Å²) in [5, 5.41) is 3.22. The summed E-state index contributed by atoms with van der Waals surface area (Å²) in [4.78, 5) is 12.2. The number of nitrogens with one attached hydrogen (secondary N) is 1. The molecule has 1 amide bonds. The molecule has 0 aromatic heterocycles. The molecule has 17 heavy (non-hydrogen) atoms. The Balaban J connectivity index is 4.57. The van der Waals surface area contributed by atoms with Crippen molar-refractivity contribution in [3.8, 4) is 0 Å². The average molecular weight is 242 g/mol. The van der Waals surface area contributed by atoms with Crippen LogP contribution in [-0.4, -0.2) is 18.0 Å². The summed E-state index contributed by atoms with van der Waals surface area (Å²) in [5.74, 6) is 0.597. The first-order valence-corrected chi connectivity index (χ1v) is 6.96. The second-order valence-electron chi connectivity index (χ2n) is 5.39. The van der Waals surface area contributed by atoms with Crippen LogP contribution in [0.5, 0.6) is 0 Å². The molecular weight excluding hydrogens is 212 g/mol. The smallest absolute Gasteiger partial charge is 0.224 e. The minimum absolute atomic E-state index is 0.0402. The van der Waals surface area contributed by atoms with Crippen molar-refractivity contribution in [1.29, 1.82) is 0 Å². The summed E-state index contributed by atoms with van der Waals surface area (Å²) in [5.41, 5.74) is 5.66. The predicted molar refractivity (Wildman–Crippen MR) is 73.7 cm³/mol. The van der Waals surface area contributed by atoms with Crippen LogP contribution < -0.4 is 11.1 Å². The lowest BCUT2D eigenvalue weighted by Crippen LogP contribution is -2.50. The third-order valence-corrected chi connectivity index (χ3v) is 3.83. The summed E-state index contributed by atoms with van der Waals surface area (Å²) in [6.07, 6.45) is 3.80. The van der Waals surface area contributed by atoms with Gasteiger partial charge in [0.15, 0.2) is 0 Å². The van der Waals surface area contributed by atoms with Gasteiger partial charge in [0.1, 0.15) is 0 Å². The number of nitrogens with two attached hydrogens (primary N) is 1. The van der Waals surface area contributed by atoms with E-state index >= 15 is 0 Å². The quantitative estimate of drug-likeness (QED) is 0.687. The maximum Gasteiger partial charge on any atom is 0.224 e. The number of amides is 1. The minimum Gasteiger partial charge on any atom is -0.350 e. The molecule has 0 aromatic carbocycles. The fourth-order valence-electron chi connectivity index (χ4n) is 2.26. The first kappa shape index (κ1) is 16.4. The highest BCUT2D eigenvalue weighted by Crippen LogP contribution is 2.21. The second kappa shape index (κ2) is 7.70. The van der Waals surface area contributed by atoms with Crippen molar-refractivity contribution in [3.05, 3.63) is 0 Å². The van der Waals surface area contributed by atoms with Crippen LogP contribution in [-0.2, 0) is 4.79 Å². The van der Waals surface area contributed by atoms with Crippen molar-refractivity contribution >= 4 is 5.91 Å². The topological polar surface area (TPSA) is 55.1 Å². The van der Waals surface area contributed by atoms with Crippen LogP contribution in [0.2, 0.25) is 0 Å². The van der Waals surface area contributed by atoms with Gasteiger partial charge in [-0.15, -0.1) is 0 Å². The van der Waals surface area contributed by atoms with Gasteiger partial charge in [0.25, 0.3) is 0 Å². The lowest BCUT2D eigenvalue weighted by atomic mass is 9.88. The average Bonchev–Trinajstić information content (AvgIpc) is 2.32. The number of carbonyl (C=O) groups is 1. The molecule has 0 aliphatic carbocycles. The Morgan fingerprint density at radius 1 is 1.18 bits per heavy atom. The summed E-state index contributed by atoms with van der Waals surface area (Å²) in [7, 11) is 0. The van der Waals surface area contributed by atoms with Crippen molar-refractivity contribution < 1.29 is 4.79 Å². The highest BCUT2D eigenvalue weighted by atomic mass is 16.2. The third-order valence-electron chi connectivity index (χ3n) is 3.83. The Labute approximate surface area is 107 Å². The van der Waals surface area contributed by atoms with Crippen molar-refractivity contribution in [2.24, 2.45) is 17.6 Å². The minimum atomic E-state index is -0.0426. The molecule has 0 saturated heterocycles. The van der Waals surface area contributed by atoms with Gasteiger partial charge in [-0.05, 0) is 31.6 Å². The Kier molecular flexibility index (Phi) is 7.44. The molecule has 0 heterocycles. The maximum atomic E-state index is 12.2. The van der Waals surface area contributed by atoms with Gasteiger partial charge in [0.05, 0.1) is 5.92 Å². The van der Waals surface area contributed by atoms with Crippen molar-refractivity contribution in [3.63, 3.8) is 0 Å². The van der Waals surface area contributed by atoms with Gasteiger partial charge in [0, 0.05) is 12.1 Å². The van der Waals surface area contributed by atoms with E-state index in [9.17, 15) is 4.79 Å². The molecule has 0 fully saturated rings. The van der Waals surface area contributed by atoms with Gasteiger partial charge >= 0.3 is 0 Å². The van der Waals surface area contributed by atoms with E-state index in [1.807, 2.05) is 0 Å². The maximum absolute atomic E-state index is 12.2. The zero-order valence-corrected chi connectivity index (χ0v) is 12.2. The Morgan fingerprint density at radius 3 is 1.94 bits per heavy atom. The van der Waals surface area contributed by atoms with E-state index in [1.54, 1.807) is 0 Å². The first-order chi connectivity index (χ1) is 7.94. The largest absolute Gasteiger partial charge is 0.350 e. The zero-order valence-electron chi connectivity index (χ0n) is 12.2.